The highest BCUT2D eigenvalue weighted by Crippen LogP contribution is 2.25. The number of nitrogens with zero attached hydrogens (tertiary/aromatic N) is 1. The fourth-order valence-electron chi connectivity index (χ4n) is 3.65. The highest BCUT2D eigenvalue weighted by molar-refractivity contribution is 6.30. The molecule has 3 rings (SSSR count). The van der Waals surface area contributed by atoms with Gasteiger partial charge >= 0.3 is 5.97 Å². The highest BCUT2D eigenvalue weighted by atomic mass is 35.5. The summed E-state index contributed by atoms with van der Waals surface area (Å²) in [5.41, 5.74) is 1.95. The van der Waals surface area contributed by atoms with Gasteiger partial charge in [0.15, 0.2) is 0 Å². The fourth-order valence-corrected chi connectivity index (χ4v) is 3.77. The molecule has 0 aliphatic carbocycles. The predicted octanol–water partition coefficient (Wildman–Crippen LogP) is 5.46. The molecule has 1 fully saturated rings. The van der Waals surface area contributed by atoms with E-state index in [0.717, 1.165) is 42.3 Å². The van der Waals surface area contributed by atoms with Crippen LogP contribution in [-0.4, -0.2) is 49.3 Å². The van der Waals surface area contributed by atoms with Crippen molar-refractivity contribution in [3.63, 3.8) is 0 Å². The average molecular weight is 460 g/mol. The van der Waals surface area contributed by atoms with E-state index >= 15 is 0 Å². The van der Waals surface area contributed by atoms with Crippen molar-refractivity contribution >= 4 is 17.6 Å². The van der Waals surface area contributed by atoms with E-state index in [1.54, 1.807) is 0 Å². The van der Waals surface area contributed by atoms with Gasteiger partial charge in [0.05, 0.1) is 25.7 Å². The van der Waals surface area contributed by atoms with E-state index in [1.165, 1.54) is 5.56 Å². The quantitative estimate of drug-likeness (QED) is 0.368. The lowest BCUT2D eigenvalue weighted by atomic mass is 10.1. The van der Waals surface area contributed by atoms with E-state index in [1.807, 2.05) is 45.0 Å². The third-order valence-electron chi connectivity index (χ3n) is 5.25. The Morgan fingerprint density at radius 1 is 1.12 bits per heavy atom. The lowest BCUT2D eigenvalue weighted by Gasteiger charge is -2.33. The van der Waals surface area contributed by atoms with Crippen LogP contribution < -0.4 is 4.74 Å². The first-order chi connectivity index (χ1) is 15.3. The van der Waals surface area contributed by atoms with Crippen molar-refractivity contribution in [2.75, 3.05) is 32.8 Å². The molecule has 1 unspecified atom stereocenters. The molecular formula is C26H34ClNO4. The lowest BCUT2D eigenvalue weighted by Crippen LogP contribution is -2.39. The number of ether oxygens (including phenoxy) is 3. The lowest BCUT2D eigenvalue weighted by molar-refractivity contribution is -0.155. The molecule has 6 heteroatoms. The maximum Gasteiger partial charge on any atom is 0.307 e. The summed E-state index contributed by atoms with van der Waals surface area (Å²) in [4.78, 5) is 14.3. The fraction of sp³-hybridized carbons (Fsp3) is 0.500. The standard InChI is InChI=1S/C26H34ClNO4/c1-26(2,3)32-25(29)14-15-28-16-18-31-24(19-28)21-8-12-23(13-9-21)30-17-4-5-20-6-10-22(27)11-7-20/h6-13,24H,4-5,14-19H2,1-3H3. The normalized spacial score (nSPS) is 17.2. The first-order valence-electron chi connectivity index (χ1n) is 11.3. The van der Waals surface area contributed by atoms with Gasteiger partial charge in [0.1, 0.15) is 11.4 Å². The first kappa shape index (κ1) is 24.6. The van der Waals surface area contributed by atoms with Crippen LogP contribution in [0.15, 0.2) is 48.5 Å². The third kappa shape index (κ3) is 8.45. The SMILES string of the molecule is CC(C)(C)OC(=O)CCN1CCOC(c2ccc(OCCCc3ccc(Cl)cc3)cc2)C1. The van der Waals surface area contributed by atoms with Crippen LogP contribution in [-0.2, 0) is 20.7 Å². The second-order valence-corrected chi connectivity index (χ2v) is 9.58. The molecule has 2 aromatic rings. The van der Waals surface area contributed by atoms with Crippen LogP contribution in [0.4, 0.5) is 0 Å². The van der Waals surface area contributed by atoms with Crippen LogP contribution >= 0.6 is 11.6 Å². The maximum absolute atomic E-state index is 12.0. The van der Waals surface area contributed by atoms with Crippen LogP contribution in [0.5, 0.6) is 5.75 Å². The molecule has 1 aliphatic heterocycles. The van der Waals surface area contributed by atoms with Crippen molar-refractivity contribution in [1.29, 1.82) is 0 Å². The first-order valence-corrected chi connectivity index (χ1v) is 11.7. The molecule has 0 radical (unpaired) electrons. The van der Waals surface area contributed by atoms with Gasteiger partial charge in [-0.25, -0.2) is 0 Å². The summed E-state index contributed by atoms with van der Waals surface area (Å²) in [6, 6.07) is 16.1. The van der Waals surface area contributed by atoms with E-state index in [9.17, 15) is 4.79 Å². The number of carbonyl (C=O) groups excluding carboxylic acids is 1. The molecule has 1 atom stereocenters. The zero-order valence-corrected chi connectivity index (χ0v) is 20.1. The Balaban J connectivity index is 1.40. The molecule has 0 N–H and O–H groups in total. The molecule has 1 heterocycles. The zero-order chi connectivity index (χ0) is 23.0. The minimum atomic E-state index is -0.440. The Hall–Kier alpha value is -2.08. The summed E-state index contributed by atoms with van der Waals surface area (Å²) in [6.45, 7) is 9.28. The number of hydrogen-bond acceptors (Lipinski definition) is 5. The molecule has 0 amide bonds. The summed E-state index contributed by atoms with van der Waals surface area (Å²) in [7, 11) is 0. The molecule has 0 spiro atoms. The summed E-state index contributed by atoms with van der Waals surface area (Å²) < 4.78 is 17.3. The number of rotatable bonds is 9. The summed E-state index contributed by atoms with van der Waals surface area (Å²) in [6.07, 6.45) is 2.31. The van der Waals surface area contributed by atoms with Gasteiger partial charge in [-0.15, -0.1) is 0 Å². The third-order valence-corrected chi connectivity index (χ3v) is 5.50. The van der Waals surface area contributed by atoms with Crippen molar-refractivity contribution in [3.8, 4) is 5.75 Å². The summed E-state index contributed by atoms with van der Waals surface area (Å²) >= 11 is 5.92. The number of hydrogen-bond donors (Lipinski definition) is 0. The molecule has 0 bridgehead atoms. The average Bonchev–Trinajstić information content (AvgIpc) is 2.76. The molecule has 32 heavy (non-hydrogen) atoms. The van der Waals surface area contributed by atoms with Gasteiger partial charge in [-0.3, -0.25) is 9.69 Å². The maximum atomic E-state index is 12.0. The number of carbonyl (C=O) groups is 1. The van der Waals surface area contributed by atoms with Crippen LogP contribution in [0.3, 0.4) is 0 Å². The van der Waals surface area contributed by atoms with Gasteiger partial charge in [-0.05, 0) is 69.0 Å². The molecule has 174 valence electrons. The molecule has 5 nitrogen and oxygen atoms in total. The van der Waals surface area contributed by atoms with Gasteiger partial charge in [0.25, 0.3) is 0 Å². The monoisotopic (exact) mass is 459 g/mol. The Morgan fingerprint density at radius 3 is 2.53 bits per heavy atom. The molecule has 2 aromatic carbocycles. The Labute approximate surface area is 196 Å². The topological polar surface area (TPSA) is 48.0 Å². The van der Waals surface area contributed by atoms with Crippen molar-refractivity contribution in [1.82, 2.24) is 4.90 Å². The second kappa shape index (κ2) is 11.7. The minimum Gasteiger partial charge on any atom is -0.494 e. The van der Waals surface area contributed by atoms with E-state index in [4.69, 9.17) is 25.8 Å². The van der Waals surface area contributed by atoms with Gasteiger partial charge in [-0.2, -0.15) is 0 Å². The van der Waals surface area contributed by atoms with Crippen molar-refractivity contribution in [2.45, 2.75) is 51.7 Å². The van der Waals surface area contributed by atoms with Crippen molar-refractivity contribution < 1.29 is 19.0 Å². The number of esters is 1. The second-order valence-electron chi connectivity index (χ2n) is 9.14. The van der Waals surface area contributed by atoms with Crippen LogP contribution in [0.1, 0.15) is 50.8 Å². The van der Waals surface area contributed by atoms with Crippen LogP contribution in [0, 0.1) is 0 Å². The highest BCUT2D eigenvalue weighted by Gasteiger charge is 2.23. The zero-order valence-electron chi connectivity index (χ0n) is 19.3. The molecule has 0 saturated carbocycles. The van der Waals surface area contributed by atoms with E-state index in [0.29, 0.717) is 26.2 Å². The molecular weight excluding hydrogens is 426 g/mol. The molecule has 1 saturated heterocycles. The smallest absolute Gasteiger partial charge is 0.307 e. The van der Waals surface area contributed by atoms with Crippen molar-refractivity contribution in [2.24, 2.45) is 0 Å². The number of halogens is 1. The van der Waals surface area contributed by atoms with Gasteiger partial charge in [0, 0.05) is 24.7 Å². The van der Waals surface area contributed by atoms with E-state index < -0.39 is 5.60 Å². The van der Waals surface area contributed by atoms with Crippen LogP contribution in [0.2, 0.25) is 5.02 Å². The summed E-state index contributed by atoms with van der Waals surface area (Å²) in [5.74, 6) is 0.709. The number of morpholine rings is 1. The molecule has 1 aliphatic rings. The van der Waals surface area contributed by atoms with Gasteiger partial charge < -0.3 is 14.2 Å². The van der Waals surface area contributed by atoms with E-state index in [2.05, 4.69) is 29.2 Å². The van der Waals surface area contributed by atoms with E-state index in [-0.39, 0.29) is 12.1 Å². The minimum absolute atomic E-state index is 0.00124. The van der Waals surface area contributed by atoms with Gasteiger partial charge in [-0.1, -0.05) is 35.9 Å². The van der Waals surface area contributed by atoms with Gasteiger partial charge in [0.2, 0.25) is 0 Å². The predicted molar refractivity (Wildman–Crippen MR) is 127 cm³/mol. The molecule has 0 aromatic heterocycles. The largest absolute Gasteiger partial charge is 0.494 e. The Morgan fingerprint density at radius 2 is 1.84 bits per heavy atom. The van der Waals surface area contributed by atoms with Crippen LogP contribution in [0.25, 0.3) is 0 Å². The number of benzene rings is 2. The Kier molecular flexibility index (Phi) is 8.97. The summed E-state index contributed by atoms with van der Waals surface area (Å²) in [5, 5.41) is 0.762. The number of aryl methyl sites for hydroxylation is 1. The van der Waals surface area contributed by atoms with Crippen molar-refractivity contribution in [3.05, 3.63) is 64.7 Å². The Bertz CT molecular complexity index is 846.